The molecule has 5 N–H and O–H groups in total. The minimum atomic E-state index is -0.812. The van der Waals surface area contributed by atoms with Crippen molar-refractivity contribution in [2.45, 2.75) is 45.1 Å². The van der Waals surface area contributed by atoms with Gasteiger partial charge in [0.2, 0.25) is 11.8 Å². The van der Waals surface area contributed by atoms with Crippen LogP contribution in [0.5, 0.6) is 0 Å². The van der Waals surface area contributed by atoms with E-state index in [1.807, 2.05) is 0 Å². The van der Waals surface area contributed by atoms with Crippen molar-refractivity contribution in [1.82, 2.24) is 5.32 Å². The largest absolute Gasteiger partial charge is 0.370 e. The Morgan fingerprint density at radius 1 is 1.41 bits per heavy atom. The zero-order valence-electron chi connectivity index (χ0n) is 10.4. The Labute approximate surface area is 102 Å². The molecule has 1 saturated carbocycles. The van der Waals surface area contributed by atoms with Gasteiger partial charge in [-0.3, -0.25) is 9.59 Å². The number of nitrogens with two attached hydrogens (primary N) is 2. The van der Waals surface area contributed by atoms with Crippen LogP contribution in [0.3, 0.4) is 0 Å². The quantitative estimate of drug-likeness (QED) is 0.638. The summed E-state index contributed by atoms with van der Waals surface area (Å²) in [6.45, 7) is 2.91. The molecular formula is C12H23N3O2. The van der Waals surface area contributed by atoms with Gasteiger partial charge in [0.1, 0.15) is 0 Å². The number of carbonyl (C=O) groups is 2. The van der Waals surface area contributed by atoms with Crippen molar-refractivity contribution in [3.8, 4) is 0 Å². The monoisotopic (exact) mass is 241 g/mol. The lowest BCUT2D eigenvalue weighted by Crippen LogP contribution is -2.44. The Morgan fingerprint density at radius 2 is 2.12 bits per heavy atom. The lowest BCUT2D eigenvalue weighted by Gasteiger charge is -2.27. The van der Waals surface area contributed by atoms with Gasteiger partial charge in [0.25, 0.3) is 0 Å². The summed E-state index contributed by atoms with van der Waals surface area (Å²) in [7, 11) is 0. The van der Waals surface area contributed by atoms with Crippen LogP contribution < -0.4 is 16.8 Å². The molecule has 1 aliphatic carbocycles. The first kappa shape index (κ1) is 14.0. The van der Waals surface area contributed by atoms with Crippen molar-refractivity contribution in [2.75, 3.05) is 6.54 Å². The first-order valence-electron chi connectivity index (χ1n) is 6.30. The van der Waals surface area contributed by atoms with E-state index in [9.17, 15) is 9.59 Å². The minimum Gasteiger partial charge on any atom is -0.370 e. The topological polar surface area (TPSA) is 98.2 Å². The zero-order chi connectivity index (χ0) is 12.8. The van der Waals surface area contributed by atoms with Crippen molar-refractivity contribution in [1.29, 1.82) is 0 Å². The summed E-state index contributed by atoms with van der Waals surface area (Å²) in [6, 6.07) is -0.812. The van der Waals surface area contributed by atoms with E-state index in [4.69, 9.17) is 11.5 Å². The molecule has 0 aromatic rings. The van der Waals surface area contributed by atoms with Gasteiger partial charge >= 0.3 is 0 Å². The molecule has 0 aromatic carbocycles. The molecule has 1 rings (SSSR count). The molecule has 0 heterocycles. The summed E-state index contributed by atoms with van der Waals surface area (Å²) in [5, 5.41) is 2.81. The van der Waals surface area contributed by atoms with Crippen LogP contribution in [0.4, 0.5) is 0 Å². The van der Waals surface area contributed by atoms with Crippen molar-refractivity contribution < 1.29 is 9.59 Å². The second-order valence-electron chi connectivity index (χ2n) is 5.16. The SMILES string of the molecule is CC1CCCC(CNC(=O)C(N)CC(N)=O)C1. The van der Waals surface area contributed by atoms with Crippen LogP contribution in [-0.2, 0) is 9.59 Å². The average molecular weight is 241 g/mol. The van der Waals surface area contributed by atoms with Gasteiger partial charge in [0, 0.05) is 6.54 Å². The third-order valence-corrected chi connectivity index (χ3v) is 3.37. The maximum atomic E-state index is 11.6. The van der Waals surface area contributed by atoms with E-state index < -0.39 is 11.9 Å². The standard InChI is InChI=1S/C12H23N3O2/c1-8-3-2-4-9(5-8)7-15-12(17)10(13)6-11(14)16/h8-10H,2-7,13H2,1H3,(H2,14,16)(H,15,17). The normalized spacial score (nSPS) is 26.2. The van der Waals surface area contributed by atoms with Crippen molar-refractivity contribution in [2.24, 2.45) is 23.3 Å². The van der Waals surface area contributed by atoms with Crippen molar-refractivity contribution in [3.63, 3.8) is 0 Å². The molecule has 1 fully saturated rings. The van der Waals surface area contributed by atoms with Gasteiger partial charge in [0.05, 0.1) is 12.5 Å². The Morgan fingerprint density at radius 3 is 2.71 bits per heavy atom. The fraction of sp³-hybridized carbons (Fsp3) is 0.833. The third-order valence-electron chi connectivity index (χ3n) is 3.37. The lowest BCUT2D eigenvalue weighted by molar-refractivity contribution is -0.126. The maximum absolute atomic E-state index is 11.6. The molecule has 0 radical (unpaired) electrons. The Bertz CT molecular complexity index is 281. The molecule has 5 heteroatoms. The van der Waals surface area contributed by atoms with Crippen LogP contribution in [-0.4, -0.2) is 24.4 Å². The van der Waals surface area contributed by atoms with Gasteiger partial charge in [-0.05, 0) is 24.7 Å². The molecule has 0 aliphatic heterocycles. The second-order valence-corrected chi connectivity index (χ2v) is 5.16. The van der Waals surface area contributed by atoms with E-state index in [1.165, 1.54) is 12.8 Å². The minimum absolute atomic E-state index is 0.0904. The van der Waals surface area contributed by atoms with Gasteiger partial charge < -0.3 is 16.8 Å². The van der Waals surface area contributed by atoms with E-state index in [0.717, 1.165) is 18.8 Å². The molecule has 0 saturated heterocycles. The van der Waals surface area contributed by atoms with Gasteiger partial charge in [-0.15, -0.1) is 0 Å². The number of primary amides is 1. The number of carbonyl (C=O) groups excluding carboxylic acids is 2. The summed E-state index contributed by atoms with van der Waals surface area (Å²) in [5.41, 5.74) is 10.5. The van der Waals surface area contributed by atoms with Gasteiger partial charge in [-0.1, -0.05) is 19.8 Å². The molecule has 3 unspecified atom stereocenters. The van der Waals surface area contributed by atoms with Gasteiger partial charge in [-0.25, -0.2) is 0 Å². The third kappa shape index (κ3) is 5.17. The maximum Gasteiger partial charge on any atom is 0.237 e. The van der Waals surface area contributed by atoms with Crippen molar-refractivity contribution in [3.05, 3.63) is 0 Å². The van der Waals surface area contributed by atoms with Crippen LogP contribution in [0.2, 0.25) is 0 Å². The van der Waals surface area contributed by atoms with E-state index in [-0.39, 0.29) is 12.3 Å². The molecule has 1 aliphatic rings. The molecule has 0 spiro atoms. The lowest BCUT2D eigenvalue weighted by atomic mass is 9.82. The van der Waals surface area contributed by atoms with E-state index in [1.54, 1.807) is 0 Å². The summed E-state index contributed by atoms with van der Waals surface area (Å²) >= 11 is 0. The number of hydrogen-bond acceptors (Lipinski definition) is 3. The van der Waals surface area contributed by atoms with E-state index in [2.05, 4.69) is 12.2 Å². The van der Waals surface area contributed by atoms with E-state index in [0.29, 0.717) is 12.5 Å². The molecule has 3 atom stereocenters. The first-order chi connectivity index (χ1) is 7.99. The number of rotatable bonds is 5. The van der Waals surface area contributed by atoms with Crippen LogP contribution in [0.25, 0.3) is 0 Å². The summed E-state index contributed by atoms with van der Waals surface area (Å²) in [5.74, 6) is 0.467. The Balaban J connectivity index is 2.25. The second kappa shape index (κ2) is 6.59. The first-order valence-corrected chi connectivity index (χ1v) is 6.30. The van der Waals surface area contributed by atoms with Crippen LogP contribution in [0.1, 0.15) is 39.0 Å². The summed E-state index contributed by atoms with van der Waals surface area (Å²) in [6.07, 6.45) is 4.74. The molecule has 0 bridgehead atoms. The molecule has 0 aromatic heterocycles. The summed E-state index contributed by atoms with van der Waals surface area (Å²) in [4.78, 5) is 22.2. The summed E-state index contributed by atoms with van der Waals surface area (Å²) < 4.78 is 0. The highest BCUT2D eigenvalue weighted by atomic mass is 16.2. The Kier molecular flexibility index (Phi) is 5.41. The van der Waals surface area contributed by atoms with Crippen LogP contribution in [0.15, 0.2) is 0 Å². The van der Waals surface area contributed by atoms with Gasteiger partial charge in [-0.2, -0.15) is 0 Å². The molecular weight excluding hydrogens is 218 g/mol. The zero-order valence-corrected chi connectivity index (χ0v) is 10.4. The molecule has 2 amide bonds. The molecule has 5 nitrogen and oxygen atoms in total. The number of amides is 2. The molecule has 17 heavy (non-hydrogen) atoms. The molecule has 98 valence electrons. The van der Waals surface area contributed by atoms with E-state index >= 15 is 0 Å². The Hall–Kier alpha value is -1.10. The van der Waals surface area contributed by atoms with Crippen LogP contribution in [0, 0.1) is 11.8 Å². The number of hydrogen-bond donors (Lipinski definition) is 3. The van der Waals surface area contributed by atoms with Crippen molar-refractivity contribution >= 4 is 11.8 Å². The fourth-order valence-corrected chi connectivity index (χ4v) is 2.43. The number of nitrogens with one attached hydrogen (secondary N) is 1. The fourth-order valence-electron chi connectivity index (χ4n) is 2.43. The van der Waals surface area contributed by atoms with Gasteiger partial charge in [0.15, 0.2) is 0 Å². The average Bonchev–Trinajstić information content (AvgIpc) is 2.25. The predicted molar refractivity (Wildman–Crippen MR) is 65.9 cm³/mol. The highest BCUT2D eigenvalue weighted by Gasteiger charge is 2.21. The van der Waals surface area contributed by atoms with Crippen LogP contribution >= 0.6 is 0 Å². The smallest absolute Gasteiger partial charge is 0.237 e. The highest BCUT2D eigenvalue weighted by molar-refractivity contribution is 5.87. The highest BCUT2D eigenvalue weighted by Crippen LogP contribution is 2.27. The predicted octanol–water partition coefficient (Wildman–Crippen LogP) is 0.132.